The third-order valence-electron chi connectivity index (χ3n) is 4.62. The molecule has 0 saturated heterocycles. The van der Waals surface area contributed by atoms with Crippen LogP contribution in [0, 0.1) is 0 Å². The molecule has 0 amide bonds. The number of carbonyl (C=O) groups is 2. The van der Waals surface area contributed by atoms with E-state index in [9.17, 15) is 9.59 Å². The molecule has 0 spiro atoms. The maximum atomic E-state index is 12.3. The van der Waals surface area contributed by atoms with Crippen LogP contribution in [0.2, 0.25) is 0 Å². The third-order valence-corrected chi connectivity index (χ3v) is 4.62. The summed E-state index contributed by atoms with van der Waals surface area (Å²) in [6.07, 6.45) is 1.04. The van der Waals surface area contributed by atoms with Crippen LogP contribution in [0.15, 0.2) is 48.5 Å². The molecule has 0 saturated carbocycles. The van der Waals surface area contributed by atoms with E-state index < -0.39 is 0 Å². The molecule has 0 bridgehead atoms. The molecule has 4 rings (SSSR count). The summed E-state index contributed by atoms with van der Waals surface area (Å²) in [5.41, 5.74) is 3.72. The Kier molecular flexibility index (Phi) is 2.40. The van der Waals surface area contributed by atoms with E-state index in [4.69, 9.17) is 0 Å². The molecule has 98 valence electrons. The van der Waals surface area contributed by atoms with E-state index in [1.54, 1.807) is 0 Å². The van der Waals surface area contributed by atoms with Gasteiger partial charge in [-0.25, -0.2) is 0 Å². The molecule has 0 heterocycles. The van der Waals surface area contributed by atoms with Crippen LogP contribution in [-0.2, 0) is 0 Å². The Labute approximate surface area is 117 Å². The Morgan fingerprint density at radius 1 is 0.650 bits per heavy atom. The molecule has 2 aromatic carbocycles. The fraction of sp³-hybridized carbons (Fsp3) is 0.222. The van der Waals surface area contributed by atoms with Crippen LogP contribution in [-0.4, -0.2) is 11.6 Å². The third kappa shape index (κ3) is 1.51. The minimum Gasteiger partial charge on any atom is -0.294 e. The van der Waals surface area contributed by atoms with Crippen LogP contribution in [0.1, 0.15) is 56.5 Å². The molecule has 20 heavy (non-hydrogen) atoms. The highest BCUT2D eigenvalue weighted by Gasteiger charge is 2.40. The van der Waals surface area contributed by atoms with Crippen LogP contribution < -0.4 is 0 Å². The fourth-order valence-corrected chi connectivity index (χ4v) is 3.71. The Hall–Kier alpha value is -2.22. The van der Waals surface area contributed by atoms with Crippen LogP contribution in [0.25, 0.3) is 0 Å². The SMILES string of the molecule is O=C1CC2c3ccccc3C(=O)CC2c2ccccc21. The van der Waals surface area contributed by atoms with Crippen LogP contribution in [0.3, 0.4) is 0 Å². The summed E-state index contributed by atoms with van der Waals surface area (Å²) in [6, 6.07) is 15.5. The number of hydrogen-bond acceptors (Lipinski definition) is 2. The molecule has 0 N–H and O–H groups in total. The zero-order chi connectivity index (χ0) is 13.7. The Morgan fingerprint density at radius 2 is 1.05 bits per heavy atom. The van der Waals surface area contributed by atoms with Gasteiger partial charge in [0.2, 0.25) is 0 Å². The number of ketones is 2. The van der Waals surface area contributed by atoms with E-state index in [1.165, 1.54) is 0 Å². The summed E-state index contributed by atoms with van der Waals surface area (Å²) in [5, 5.41) is 0. The predicted molar refractivity (Wildman–Crippen MR) is 76.3 cm³/mol. The van der Waals surface area contributed by atoms with E-state index in [2.05, 4.69) is 0 Å². The first-order valence-corrected chi connectivity index (χ1v) is 7.00. The smallest absolute Gasteiger partial charge is 0.163 e. The van der Waals surface area contributed by atoms with Gasteiger partial charge in [-0.15, -0.1) is 0 Å². The standard InChI is InChI=1S/C18H14O2/c19-17-10-16-12-6-2-4-8-14(12)18(20)9-15(16)11-5-1-3-7-13(11)17/h1-8,15-16H,9-10H2. The number of Topliss-reactive ketones (excluding diaryl/α,β-unsaturated/α-hetero) is 2. The van der Waals surface area contributed by atoms with Gasteiger partial charge in [0.15, 0.2) is 11.6 Å². The number of fused-ring (bicyclic) bond motifs is 5. The molecular weight excluding hydrogens is 248 g/mol. The molecule has 2 aliphatic rings. The lowest BCUT2D eigenvalue weighted by Gasteiger charge is -2.37. The average Bonchev–Trinajstić information content (AvgIpc) is 2.49. The van der Waals surface area contributed by atoms with Crippen molar-refractivity contribution in [1.29, 1.82) is 0 Å². The molecule has 0 aromatic heterocycles. The Balaban J connectivity index is 1.92. The molecule has 2 unspecified atom stereocenters. The number of hydrogen-bond donors (Lipinski definition) is 0. The first-order chi connectivity index (χ1) is 9.75. The van der Waals surface area contributed by atoms with E-state index in [0.29, 0.717) is 12.8 Å². The molecule has 2 atom stereocenters. The zero-order valence-corrected chi connectivity index (χ0v) is 11.0. The number of benzene rings is 2. The molecule has 0 radical (unpaired) electrons. The lowest BCUT2D eigenvalue weighted by atomic mass is 9.65. The van der Waals surface area contributed by atoms with Crippen molar-refractivity contribution in [2.45, 2.75) is 24.7 Å². The molecular formula is C18H14O2. The van der Waals surface area contributed by atoms with E-state index >= 15 is 0 Å². The summed E-state index contributed by atoms with van der Waals surface area (Å²) >= 11 is 0. The van der Waals surface area contributed by atoms with Gasteiger partial charge in [0.1, 0.15) is 0 Å². The van der Waals surface area contributed by atoms with Gasteiger partial charge < -0.3 is 0 Å². The van der Waals surface area contributed by atoms with Gasteiger partial charge >= 0.3 is 0 Å². The van der Waals surface area contributed by atoms with Gasteiger partial charge in [-0.3, -0.25) is 9.59 Å². The maximum Gasteiger partial charge on any atom is 0.163 e. The Bertz CT molecular complexity index is 666. The van der Waals surface area contributed by atoms with Crippen molar-refractivity contribution in [2.24, 2.45) is 0 Å². The second kappa shape index (κ2) is 4.14. The summed E-state index contributed by atoms with van der Waals surface area (Å²) in [7, 11) is 0. The van der Waals surface area contributed by atoms with Crippen molar-refractivity contribution >= 4 is 11.6 Å². The van der Waals surface area contributed by atoms with Crippen molar-refractivity contribution in [3.8, 4) is 0 Å². The van der Waals surface area contributed by atoms with Gasteiger partial charge in [-0.05, 0) is 23.0 Å². The summed E-state index contributed by atoms with van der Waals surface area (Å²) < 4.78 is 0. The van der Waals surface area contributed by atoms with Crippen LogP contribution >= 0.6 is 0 Å². The summed E-state index contributed by atoms with van der Waals surface area (Å²) in [5.74, 6) is 0.717. The minimum atomic E-state index is 0.159. The number of rotatable bonds is 0. The van der Waals surface area contributed by atoms with Gasteiger partial charge in [0.05, 0.1) is 0 Å². The second-order valence-corrected chi connectivity index (χ2v) is 5.64. The minimum absolute atomic E-state index is 0.159. The van der Waals surface area contributed by atoms with Crippen molar-refractivity contribution in [2.75, 3.05) is 0 Å². The van der Waals surface area contributed by atoms with Crippen molar-refractivity contribution < 1.29 is 9.59 Å². The van der Waals surface area contributed by atoms with Crippen LogP contribution in [0.4, 0.5) is 0 Å². The highest BCUT2D eigenvalue weighted by Crippen LogP contribution is 2.48. The largest absolute Gasteiger partial charge is 0.294 e. The highest BCUT2D eigenvalue weighted by molar-refractivity contribution is 6.04. The molecule has 2 aliphatic carbocycles. The normalized spacial score (nSPS) is 23.8. The maximum absolute atomic E-state index is 12.3. The quantitative estimate of drug-likeness (QED) is 0.725. The van der Waals surface area contributed by atoms with E-state index in [0.717, 1.165) is 22.3 Å². The van der Waals surface area contributed by atoms with E-state index in [1.807, 2.05) is 48.5 Å². The first-order valence-electron chi connectivity index (χ1n) is 7.00. The van der Waals surface area contributed by atoms with Gasteiger partial charge in [0.25, 0.3) is 0 Å². The summed E-state index contributed by atoms with van der Waals surface area (Å²) in [6.45, 7) is 0. The van der Waals surface area contributed by atoms with Crippen molar-refractivity contribution in [1.82, 2.24) is 0 Å². The fourth-order valence-electron chi connectivity index (χ4n) is 3.71. The molecule has 2 aromatic rings. The van der Waals surface area contributed by atoms with Crippen LogP contribution in [0.5, 0.6) is 0 Å². The lowest BCUT2D eigenvalue weighted by Crippen LogP contribution is -2.30. The average molecular weight is 262 g/mol. The lowest BCUT2D eigenvalue weighted by molar-refractivity contribution is 0.0904. The van der Waals surface area contributed by atoms with Crippen molar-refractivity contribution in [3.63, 3.8) is 0 Å². The second-order valence-electron chi connectivity index (χ2n) is 5.64. The van der Waals surface area contributed by atoms with Crippen molar-refractivity contribution in [3.05, 3.63) is 70.8 Å². The monoisotopic (exact) mass is 262 g/mol. The number of carbonyl (C=O) groups excluding carboxylic acids is 2. The summed E-state index contributed by atoms with van der Waals surface area (Å²) in [4.78, 5) is 24.7. The molecule has 0 fully saturated rings. The van der Waals surface area contributed by atoms with Gasteiger partial charge in [0, 0.05) is 24.0 Å². The first kappa shape index (κ1) is 11.6. The molecule has 0 aliphatic heterocycles. The Morgan fingerprint density at radius 3 is 1.50 bits per heavy atom. The zero-order valence-electron chi connectivity index (χ0n) is 11.0. The topological polar surface area (TPSA) is 34.1 Å². The predicted octanol–water partition coefficient (Wildman–Crippen LogP) is 3.73. The van der Waals surface area contributed by atoms with E-state index in [-0.39, 0.29) is 23.4 Å². The molecule has 2 nitrogen and oxygen atoms in total. The molecule has 2 heteroatoms. The highest BCUT2D eigenvalue weighted by atomic mass is 16.1. The van der Waals surface area contributed by atoms with Gasteiger partial charge in [-0.1, -0.05) is 48.5 Å². The van der Waals surface area contributed by atoms with Gasteiger partial charge in [-0.2, -0.15) is 0 Å².